The number of amides is 1. The van der Waals surface area contributed by atoms with Gasteiger partial charge in [-0.1, -0.05) is 372 Å². The Morgan fingerprint density at radius 2 is 0.617 bits per heavy atom. The summed E-state index contributed by atoms with van der Waals surface area (Å²) in [6, 6.07) is -0.540. The number of carbonyl (C=O) groups is 2. The number of hydrogen-bond donors (Lipinski definition) is 3. The van der Waals surface area contributed by atoms with Crippen LogP contribution in [0.5, 0.6) is 0 Å². The Kier molecular flexibility index (Phi) is 69.4. The molecule has 0 aromatic carbocycles. The number of nitrogens with one attached hydrogen (secondary N) is 1. The third-order valence-electron chi connectivity index (χ3n) is 17.5. The first-order chi connectivity index (χ1) is 40.0. The van der Waals surface area contributed by atoms with Crippen LogP contribution in [0.25, 0.3) is 0 Å². The lowest BCUT2D eigenvalue weighted by atomic mass is 10.0. The number of esters is 1. The summed E-state index contributed by atoms with van der Waals surface area (Å²) in [6.07, 6.45) is 89.6. The lowest BCUT2D eigenvalue weighted by Gasteiger charge is -2.22. The van der Waals surface area contributed by atoms with Gasteiger partial charge in [-0.3, -0.25) is 9.59 Å². The van der Waals surface area contributed by atoms with Crippen LogP contribution in [0.1, 0.15) is 418 Å². The number of ether oxygens (including phenoxy) is 1. The van der Waals surface area contributed by atoms with Gasteiger partial charge in [0, 0.05) is 12.8 Å². The third kappa shape index (κ3) is 67.3. The van der Waals surface area contributed by atoms with E-state index < -0.39 is 12.1 Å². The van der Waals surface area contributed by atoms with Crippen LogP contribution >= 0.6 is 0 Å². The molecule has 0 radical (unpaired) electrons. The molecule has 0 aliphatic heterocycles. The molecule has 480 valence electrons. The Morgan fingerprint density at radius 1 is 0.346 bits per heavy atom. The summed E-state index contributed by atoms with van der Waals surface area (Å²) in [6.45, 7) is 4.99. The highest BCUT2D eigenvalue weighted by Gasteiger charge is 2.20. The largest absolute Gasteiger partial charge is 0.466 e. The highest BCUT2D eigenvalue weighted by molar-refractivity contribution is 5.76. The summed E-state index contributed by atoms with van der Waals surface area (Å²) in [5, 5.41) is 23.3. The summed E-state index contributed by atoms with van der Waals surface area (Å²) in [5.41, 5.74) is 0. The van der Waals surface area contributed by atoms with E-state index in [1.165, 1.54) is 340 Å². The number of hydrogen-bond acceptors (Lipinski definition) is 5. The zero-order valence-electron chi connectivity index (χ0n) is 55.0. The molecular formula is C75H145NO5. The molecule has 0 rings (SSSR count). The molecule has 0 heterocycles. The predicted octanol–water partition coefficient (Wildman–Crippen LogP) is 24.1. The minimum absolute atomic E-state index is 0.0184. The third-order valence-corrected chi connectivity index (χ3v) is 17.5. The quantitative estimate of drug-likeness (QED) is 0.0320. The van der Waals surface area contributed by atoms with Gasteiger partial charge in [-0.05, 0) is 57.8 Å². The Morgan fingerprint density at radius 3 is 0.938 bits per heavy atom. The van der Waals surface area contributed by atoms with Gasteiger partial charge in [0.05, 0.1) is 25.4 Å². The molecule has 6 nitrogen and oxygen atoms in total. The van der Waals surface area contributed by atoms with Crippen molar-refractivity contribution >= 4 is 11.9 Å². The molecule has 0 aromatic rings. The molecule has 3 N–H and O–H groups in total. The van der Waals surface area contributed by atoms with Crippen molar-refractivity contribution in [3.8, 4) is 0 Å². The van der Waals surface area contributed by atoms with E-state index in [2.05, 4.69) is 43.5 Å². The van der Waals surface area contributed by atoms with Crippen LogP contribution in [0.4, 0.5) is 0 Å². The average molecular weight is 1140 g/mol. The number of rotatable bonds is 70. The SMILES string of the molecule is CCCCCCCCCCCCCCCCCCC(=O)OCCCCCCCCCCC/C=C\C/C=C\CCCCCCCCCCCCCCCCCCCC(=O)NC(CO)C(O)CCCCCCCCCCCCCCCCC. The van der Waals surface area contributed by atoms with Gasteiger partial charge in [-0.15, -0.1) is 0 Å². The summed E-state index contributed by atoms with van der Waals surface area (Å²) >= 11 is 0. The minimum Gasteiger partial charge on any atom is -0.466 e. The second-order valence-corrected chi connectivity index (χ2v) is 25.6. The van der Waals surface area contributed by atoms with Crippen molar-refractivity contribution in [2.24, 2.45) is 0 Å². The molecule has 2 atom stereocenters. The molecule has 2 unspecified atom stereocenters. The van der Waals surface area contributed by atoms with E-state index in [1.807, 2.05) is 0 Å². The number of unbranched alkanes of at least 4 members (excludes halogenated alkanes) is 55. The van der Waals surface area contributed by atoms with Gasteiger partial charge >= 0.3 is 5.97 Å². The number of carbonyl (C=O) groups excluding carboxylic acids is 2. The minimum atomic E-state index is -0.662. The van der Waals surface area contributed by atoms with Crippen molar-refractivity contribution < 1.29 is 24.5 Å². The zero-order valence-corrected chi connectivity index (χ0v) is 55.0. The van der Waals surface area contributed by atoms with E-state index in [0.29, 0.717) is 25.9 Å². The van der Waals surface area contributed by atoms with Crippen molar-refractivity contribution in [3.05, 3.63) is 24.3 Å². The van der Waals surface area contributed by atoms with E-state index in [9.17, 15) is 19.8 Å². The second-order valence-electron chi connectivity index (χ2n) is 25.6. The summed E-state index contributed by atoms with van der Waals surface area (Å²) in [5.74, 6) is -0.0115. The maximum atomic E-state index is 12.5. The van der Waals surface area contributed by atoms with Crippen molar-refractivity contribution in [1.29, 1.82) is 0 Å². The van der Waals surface area contributed by atoms with Crippen LogP contribution in [-0.2, 0) is 14.3 Å². The molecule has 6 heteroatoms. The maximum Gasteiger partial charge on any atom is 0.305 e. The van der Waals surface area contributed by atoms with Gasteiger partial charge in [0.25, 0.3) is 0 Å². The lowest BCUT2D eigenvalue weighted by Crippen LogP contribution is -2.45. The highest BCUT2D eigenvalue weighted by Crippen LogP contribution is 2.19. The normalized spacial score (nSPS) is 12.6. The first-order valence-corrected chi connectivity index (χ1v) is 37.1. The van der Waals surface area contributed by atoms with Crippen molar-refractivity contribution in [1.82, 2.24) is 5.32 Å². The Balaban J connectivity index is 3.36. The first kappa shape index (κ1) is 79.3. The fourth-order valence-corrected chi connectivity index (χ4v) is 11.9. The van der Waals surface area contributed by atoms with E-state index in [-0.39, 0.29) is 18.5 Å². The molecule has 0 aromatic heterocycles. The van der Waals surface area contributed by atoms with Gasteiger partial charge in [0.15, 0.2) is 0 Å². The van der Waals surface area contributed by atoms with E-state index >= 15 is 0 Å². The van der Waals surface area contributed by atoms with Crippen molar-refractivity contribution in [2.75, 3.05) is 13.2 Å². The monoisotopic (exact) mass is 1140 g/mol. The molecule has 0 aliphatic carbocycles. The van der Waals surface area contributed by atoms with Crippen LogP contribution in [-0.4, -0.2) is 47.4 Å². The smallest absolute Gasteiger partial charge is 0.305 e. The first-order valence-electron chi connectivity index (χ1n) is 37.1. The number of aliphatic hydroxyl groups is 2. The molecule has 0 fully saturated rings. The van der Waals surface area contributed by atoms with Gasteiger partial charge in [0.1, 0.15) is 0 Å². The standard InChI is InChI=1S/C75H145NO5/c1-3-5-7-9-11-13-15-17-19-41-45-49-53-57-61-65-69-75(80)81-70-66-62-58-54-50-46-42-38-36-34-32-30-28-26-24-22-20-21-23-25-27-29-31-33-35-37-40-44-48-52-56-60-64-68-74(79)76-72(71-77)73(78)67-63-59-55-51-47-43-39-18-16-14-12-10-8-6-4-2/h24,26,30,32,72-73,77-78H,3-23,25,27-29,31,33-71H2,1-2H3,(H,76,79)/b26-24-,32-30-. The van der Waals surface area contributed by atoms with Crippen LogP contribution in [0.15, 0.2) is 24.3 Å². The summed E-state index contributed by atoms with van der Waals surface area (Å²) in [4.78, 5) is 24.6. The van der Waals surface area contributed by atoms with Gasteiger partial charge in [0.2, 0.25) is 5.91 Å². The van der Waals surface area contributed by atoms with Crippen LogP contribution < -0.4 is 5.32 Å². The Labute approximate surface area is 507 Å². The van der Waals surface area contributed by atoms with Crippen LogP contribution in [0.2, 0.25) is 0 Å². The van der Waals surface area contributed by atoms with E-state index in [1.54, 1.807) is 0 Å². The summed E-state index contributed by atoms with van der Waals surface area (Å²) in [7, 11) is 0. The second kappa shape index (κ2) is 70.8. The molecule has 0 saturated heterocycles. The molecular weight excluding hydrogens is 995 g/mol. The van der Waals surface area contributed by atoms with Crippen molar-refractivity contribution in [2.45, 2.75) is 431 Å². The molecule has 0 saturated carbocycles. The topological polar surface area (TPSA) is 95.9 Å². The molecule has 0 spiro atoms. The average Bonchev–Trinajstić information content (AvgIpc) is 3.47. The fourth-order valence-electron chi connectivity index (χ4n) is 11.9. The van der Waals surface area contributed by atoms with Crippen molar-refractivity contribution in [3.63, 3.8) is 0 Å². The van der Waals surface area contributed by atoms with E-state index in [4.69, 9.17) is 4.74 Å². The molecule has 1 amide bonds. The van der Waals surface area contributed by atoms with Crippen LogP contribution in [0.3, 0.4) is 0 Å². The highest BCUT2D eigenvalue weighted by atomic mass is 16.5. The molecule has 0 bridgehead atoms. The fraction of sp³-hybridized carbons (Fsp3) is 0.920. The predicted molar refractivity (Wildman–Crippen MR) is 356 cm³/mol. The molecule has 0 aliphatic rings. The summed E-state index contributed by atoms with van der Waals surface area (Å²) < 4.78 is 5.50. The Bertz CT molecular complexity index is 1270. The van der Waals surface area contributed by atoms with Gasteiger partial charge < -0.3 is 20.3 Å². The van der Waals surface area contributed by atoms with E-state index in [0.717, 1.165) is 44.9 Å². The zero-order chi connectivity index (χ0) is 58.5. The maximum absolute atomic E-state index is 12.5. The number of aliphatic hydroxyl groups excluding tert-OH is 2. The van der Waals surface area contributed by atoms with Gasteiger partial charge in [-0.2, -0.15) is 0 Å². The lowest BCUT2D eigenvalue weighted by molar-refractivity contribution is -0.143. The molecule has 81 heavy (non-hydrogen) atoms. The Hall–Kier alpha value is -1.66. The number of allylic oxidation sites excluding steroid dienone is 4. The van der Waals surface area contributed by atoms with Crippen LogP contribution in [0, 0.1) is 0 Å². The van der Waals surface area contributed by atoms with Gasteiger partial charge in [-0.25, -0.2) is 0 Å².